The number of carbonyl (C=O) groups is 1. The minimum Gasteiger partial charge on any atom is -0.497 e. The molecular formula is C22H18ClN3O4S. The maximum atomic E-state index is 13.2. The number of thiophene rings is 1. The van der Waals surface area contributed by atoms with Crippen LogP contribution in [0.15, 0.2) is 69.6 Å². The van der Waals surface area contributed by atoms with E-state index in [0.29, 0.717) is 26.7 Å². The largest absolute Gasteiger partial charge is 0.497 e. The number of methoxy groups -OCH3 is 1. The van der Waals surface area contributed by atoms with E-state index in [0.717, 1.165) is 10.1 Å². The third-order valence-electron chi connectivity index (χ3n) is 4.77. The van der Waals surface area contributed by atoms with Gasteiger partial charge in [0.15, 0.2) is 0 Å². The monoisotopic (exact) mass is 455 g/mol. The third-order valence-corrected chi connectivity index (χ3v) is 5.91. The Morgan fingerprint density at radius 1 is 1.13 bits per heavy atom. The zero-order valence-corrected chi connectivity index (χ0v) is 18.1. The Morgan fingerprint density at radius 3 is 2.65 bits per heavy atom. The number of benzene rings is 2. The lowest BCUT2D eigenvalue weighted by Crippen LogP contribution is -2.41. The number of ether oxygens (including phenoxy) is 1. The summed E-state index contributed by atoms with van der Waals surface area (Å²) in [5.74, 6) is 0.344. The van der Waals surface area contributed by atoms with Crippen LogP contribution in [-0.4, -0.2) is 22.2 Å². The van der Waals surface area contributed by atoms with E-state index in [-0.39, 0.29) is 19.0 Å². The molecule has 1 amide bonds. The molecule has 2 heterocycles. The fourth-order valence-electron chi connectivity index (χ4n) is 3.24. The first-order chi connectivity index (χ1) is 15.0. The van der Waals surface area contributed by atoms with Crippen LogP contribution in [0, 0.1) is 0 Å². The van der Waals surface area contributed by atoms with Crippen molar-refractivity contribution in [3.63, 3.8) is 0 Å². The standard InChI is InChI=1S/C22H18ClN3O4S/c1-30-17-4-2-3-14(11-17)12-24-19(27)13-25-18-9-10-31-20(18)21(28)26(22(25)29)16-7-5-15(23)6-8-16/h2-11H,12-13H2,1H3,(H,24,27). The number of nitrogens with zero attached hydrogens (tertiary/aromatic N) is 2. The molecule has 0 atom stereocenters. The van der Waals surface area contributed by atoms with Gasteiger partial charge in [-0.2, -0.15) is 0 Å². The van der Waals surface area contributed by atoms with Gasteiger partial charge in [-0.1, -0.05) is 23.7 Å². The van der Waals surface area contributed by atoms with Crippen molar-refractivity contribution in [1.29, 1.82) is 0 Å². The molecule has 0 aliphatic rings. The molecule has 2 aromatic heterocycles. The van der Waals surface area contributed by atoms with Gasteiger partial charge in [-0.3, -0.25) is 14.2 Å². The molecule has 0 aliphatic carbocycles. The summed E-state index contributed by atoms with van der Waals surface area (Å²) in [6.45, 7) is 0.0677. The normalized spacial score (nSPS) is 10.9. The lowest BCUT2D eigenvalue weighted by Gasteiger charge is -2.13. The molecular weight excluding hydrogens is 438 g/mol. The number of nitrogens with one attached hydrogen (secondary N) is 1. The van der Waals surface area contributed by atoms with Crippen LogP contribution in [0.1, 0.15) is 5.56 Å². The molecule has 0 saturated heterocycles. The SMILES string of the molecule is COc1cccc(CNC(=O)Cn2c(=O)n(-c3ccc(Cl)cc3)c(=O)c3sccc32)c1. The second kappa shape index (κ2) is 8.79. The Morgan fingerprint density at radius 2 is 1.90 bits per heavy atom. The van der Waals surface area contributed by atoms with Crippen molar-refractivity contribution in [3.05, 3.63) is 91.4 Å². The van der Waals surface area contributed by atoms with Gasteiger partial charge in [-0.15, -0.1) is 11.3 Å². The minimum atomic E-state index is -0.588. The summed E-state index contributed by atoms with van der Waals surface area (Å²) < 4.78 is 7.96. The average molecular weight is 456 g/mol. The zero-order valence-electron chi connectivity index (χ0n) is 16.5. The van der Waals surface area contributed by atoms with E-state index in [1.165, 1.54) is 15.9 Å². The maximum absolute atomic E-state index is 13.2. The number of halogens is 1. The van der Waals surface area contributed by atoms with Crippen LogP contribution >= 0.6 is 22.9 Å². The zero-order chi connectivity index (χ0) is 22.0. The quantitative estimate of drug-likeness (QED) is 0.484. The maximum Gasteiger partial charge on any atom is 0.336 e. The molecule has 158 valence electrons. The van der Waals surface area contributed by atoms with Crippen LogP contribution in [-0.2, 0) is 17.9 Å². The third kappa shape index (κ3) is 4.26. The van der Waals surface area contributed by atoms with Crippen molar-refractivity contribution in [3.8, 4) is 11.4 Å². The Hall–Kier alpha value is -3.36. The van der Waals surface area contributed by atoms with Gasteiger partial charge in [-0.05, 0) is 53.4 Å². The summed E-state index contributed by atoms with van der Waals surface area (Å²) in [5.41, 5.74) is 0.675. The number of hydrogen-bond donors (Lipinski definition) is 1. The minimum absolute atomic E-state index is 0.218. The van der Waals surface area contributed by atoms with E-state index in [2.05, 4.69) is 5.32 Å². The Balaban J connectivity index is 1.66. The first kappa shape index (κ1) is 20.9. The summed E-state index contributed by atoms with van der Waals surface area (Å²) in [7, 11) is 1.58. The summed E-state index contributed by atoms with van der Waals surface area (Å²) in [4.78, 5) is 38.7. The van der Waals surface area contributed by atoms with Crippen LogP contribution in [0.25, 0.3) is 15.9 Å². The van der Waals surface area contributed by atoms with Gasteiger partial charge in [0.25, 0.3) is 5.56 Å². The van der Waals surface area contributed by atoms with Crippen molar-refractivity contribution in [2.75, 3.05) is 7.11 Å². The molecule has 31 heavy (non-hydrogen) atoms. The average Bonchev–Trinajstić information content (AvgIpc) is 3.27. The number of aromatic nitrogens is 2. The number of fused-ring (bicyclic) bond motifs is 1. The molecule has 4 rings (SSSR count). The first-order valence-electron chi connectivity index (χ1n) is 9.36. The molecule has 0 unspecified atom stereocenters. The van der Waals surface area contributed by atoms with Crippen LogP contribution in [0.4, 0.5) is 0 Å². The van der Waals surface area contributed by atoms with Gasteiger partial charge < -0.3 is 10.1 Å². The summed E-state index contributed by atoms with van der Waals surface area (Å²) in [6, 6.07) is 15.4. The summed E-state index contributed by atoms with van der Waals surface area (Å²) in [5, 5.41) is 5.02. The van der Waals surface area contributed by atoms with E-state index < -0.39 is 11.2 Å². The van der Waals surface area contributed by atoms with Crippen LogP contribution in [0.3, 0.4) is 0 Å². The van der Waals surface area contributed by atoms with Crippen molar-refractivity contribution in [2.24, 2.45) is 0 Å². The number of rotatable bonds is 6. The summed E-state index contributed by atoms with van der Waals surface area (Å²) in [6.07, 6.45) is 0. The van der Waals surface area contributed by atoms with E-state index in [1.807, 2.05) is 24.3 Å². The topological polar surface area (TPSA) is 82.3 Å². The van der Waals surface area contributed by atoms with Crippen molar-refractivity contribution in [1.82, 2.24) is 14.5 Å². The Labute approximate surface area is 186 Å². The molecule has 0 radical (unpaired) electrons. The van der Waals surface area contributed by atoms with E-state index in [9.17, 15) is 14.4 Å². The van der Waals surface area contributed by atoms with Gasteiger partial charge in [-0.25, -0.2) is 9.36 Å². The molecule has 4 aromatic rings. The smallest absolute Gasteiger partial charge is 0.336 e. The second-order valence-corrected chi connectivity index (χ2v) is 8.10. The van der Waals surface area contributed by atoms with Gasteiger partial charge in [0, 0.05) is 11.6 Å². The summed E-state index contributed by atoms with van der Waals surface area (Å²) >= 11 is 7.16. The molecule has 7 nitrogen and oxygen atoms in total. The highest BCUT2D eigenvalue weighted by molar-refractivity contribution is 7.17. The van der Waals surface area contributed by atoms with Gasteiger partial charge in [0.05, 0.1) is 18.3 Å². The second-order valence-electron chi connectivity index (χ2n) is 6.75. The Kier molecular flexibility index (Phi) is 5.92. The number of hydrogen-bond acceptors (Lipinski definition) is 5. The van der Waals surface area contributed by atoms with E-state index in [4.69, 9.17) is 16.3 Å². The highest BCUT2D eigenvalue weighted by Gasteiger charge is 2.17. The van der Waals surface area contributed by atoms with Crippen LogP contribution < -0.4 is 21.3 Å². The number of amides is 1. The highest BCUT2D eigenvalue weighted by atomic mass is 35.5. The van der Waals surface area contributed by atoms with Gasteiger partial charge >= 0.3 is 5.69 Å². The highest BCUT2D eigenvalue weighted by Crippen LogP contribution is 2.17. The molecule has 0 bridgehead atoms. The van der Waals surface area contributed by atoms with Crippen LogP contribution in [0.2, 0.25) is 5.02 Å². The van der Waals surface area contributed by atoms with E-state index >= 15 is 0 Å². The first-order valence-corrected chi connectivity index (χ1v) is 10.6. The molecule has 0 spiro atoms. The number of carbonyl (C=O) groups excluding carboxylic acids is 1. The molecule has 1 N–H and O–H groups in total. The van der Waals surface area contributed by atoms with Crippen molar-refractivity contribution in [2.45, 2.75) is 13.1 Å². The fourth-order valence-corrected chi connectivity index (χ4v) is 4.19. The van der Waals surface area contributed by atoms with Gasteiger partial charge in [0.1, 0.15) is 17.0 Å². The van der Waals surface area contributed by atoms with Crippen molar-refractivity contribution < 1.29 is 9.53 Å². The molecule has 0 aliphatic heterocycles. The molecule has 9 heteroatoms. The van der Waals surface area contributed by atoms with Crippen LogP contribution in [0.5, 0.6) is 5.75 Å². The predicted molar refractivity (Wildman–Crippen MR) is 122 cm³/mol. The molecule has 0 fully saturated rings. The lowest BCUT2D eigenvalue weighted by molar-refractivity contribution is -0.121. The molecule has 0 saturated carbocycles. The molecule has 2 aromatic carbocycles. The van der Waals surface area contributed by atoms with Gasteiger partial charge in [0.2, 0.25) is 5.91 Å². The lowest BCUT2D eigenvalue weighted by atomic mass is 10.2. The fraction of sp³-hybridized carbons (Fsp3) is 0.136. The Bertz CT molecular complexity index is 1370. The van der Waals surface area contributed by atoms with Crippen molar-refractivity contribution >= 4 is 39.1 Å². The predicted octanol–water partition coefficient (Wildman–Crippen LogP) is 3.19. The van der Waals surface area contributed by atoms with E-state index in [1.54, 1.807) is 42.8 Å².